The van der Waals surface area contributed by atoms with Crippen molar-refractivity contribution in [2.45, 2.75) is 6.92 Å². The molecule has 4 N–H and O–H groups in total. The number of anilines is 2. The summed E-state index contributed by atoms with van der Waals surface area (Å²) in [5.41, 5.74) is 12.5. The summed E-state index contributed by atoms with van der Waals surface area (Å²) in [6.07, 6.45) is 2.81. The van der Waals surface area contributed by atoms with Gasteiger partial charge in [0.1, 0.15) is 29.8 Å². The van der Waals surface area contributed by atoms with Gasteiger partial charge in [0.05, 0.1) is 5.69 Å². The lowest BCUT2D eigenvalue weighted by Crippen LogP contribution is -2.01. The molecule has 0 saturated carbocycles. The molecule has 0 unspecified atom stereocenters. The second-order valence-electron chi connectivity index (χ2n) is 2.81. The molecule has 72 valence electrons. The first-order chi connectivity index (χ1) is 6.68. The van der Waals surface area contributed by atoms with Crippen molar-refractivity contribution in [3.8, 4) is 11.5 Å². The summed E-state index contributed by atoms with van der Waals surface area (Å²) in [7, 11) is 0. The number of hydrogen-bond donors (Lipinski definition) is 2. The Labute approximate surface area is 80.0 Å². The lowest BCUT2D eigenvalue weighted by atomic mass is 10.3. The first kappa shape index (κ1) is 8.49. The second-order valence-corrected chi connectivity index (χ2v) is 2.81. The number of aryl methyl sites for hydroxylation is 1. The molecule has 0 aliphatic rings. The number of oxazole rings is 1. The van der Waals surface area contributed by atoms with Crippen LogP contribution < -0.4 is 11.5 Å². The molecule has 0 aromatic carbocycles. The van der Waals surface area contributed by atoms with E-state index < -0.39 is 0 Å². The van der Waals surface area contributed by atoms with Crippen LogP contribution in [0.15, 0.2) is 17.0 Å². The number of aromatic nitrogens is 3. The minimum Gasteiger partial charge on any atom is -0.444 e. The van der Waals surface area contributed by atoms with Crippen LogP contribution in [0.4, 0.5) is 11.6 Å². The summed E-state index contributed by atoms with van der Waals surface area (Å²) < 4.78 is 5.16. The predicted molar refractivity (Wildman–Crippen MR) is 51.1 cm³/mol. The average molecular weight is 191 g/mol. The quantitative estimate of drug-likeness (QED) is 0.684. The van der Waals surface area contributed by atoms with Gasteiger partial charge < -0.3 is 15.9 Å². The van der Waals surface area contributed by atoms with E-state index in [1.165, 1.54) is 12.6 Å². The standard InChI is InChI=1S/C8H9N5O/c1-4-2-14-8(13-4)5-6(9)11-3-12-7(5)10/h2-3H,1H3,(H4,9,10,11,12). The van der Waals surface area contributed by atoms with Crippen molar-refractivity contribution >= 4 is 11.6 Å². The van der Waals surface area contributed by atoms with Gasteiger partial charge in [-0.3, -0.25) is 0 Å². The zero-order valence-corrected chi connectivity index (χ0v) is 7.56. The number of hydrogen-bond acceptors (Lipinski definition) is 6. The van der Waals surface area contributed by atoms with E-state index in [0.29, 0.717) is 11.5 Å². The summed E-state index contributed by atoms with van der Waals surface area (Å²) in [5, 5.41) is 0. The number of nitrogen functional groups attached to an aromatic ring is 2. The van der Waals surface area contributed by atoms with Gasteiger partial charge in [0.2, 0.25) is 5.89 Å². The van der Waals surface area contributed by atoms with Crippen molar-refractivity contribution in [3.05, 3.63) is 18.3 Å². The number of nitrogens with two attached hydrogens (primary N) is 2. The van der Waals surface area contributed by atoms with Crippen molar-refractivity contribution in [2.75, 3.05) is 11.5 Å². The Morgan fingerprint density at radius 1 is 1.21 bits per heavy atom. The molecule has 6 heteroatoms. The largest absolute Gasteiger partial charge is 0.444 e. The summed E-state index contributed by atoms with van der Waals surface area (Å²) in [6, 6.07) is 0. The van der Waals surface area contributed by atoms with Crippen LogP contribution >= 0.6 is 0 Å². The topological polar surface area (TPSA) is 104 Å². The van der Waals surface area contributed by atoms with Crippen LogP contribution in [-0.4, -0.2) is 15.0 Å². The Kier molecular flexibility index (Phi) is 1.81. The first-order valence-corrected chi connectivity index (χ1v) is 3.97. The molecule has 0 radical (unpaired) electrons. The fourth-order valence-corrected chi connectivity index (χ4v) is 1.10. The van der Waals surface area contributed by atoms with Crippen LogP contribution in [0, 0.1) is 6.92 Å². The SMILES string of the molecule is Cc1coc(-c2c(N)ncnc2N)n1. The van der Waals surface area contributed by atoms with E-state index in [1.807, 2.05) is 6.92 Å². The lowest BCUT2D eigenvalue weighted by Gasteiger charge is -2.01. The number of rotatable bonds is 1. The molecule has 14 heavy (non-hydrogen) atoms. The van der Waals surface area contributed by atoms with E-state index in [1.54, 1.807) is 0 Å². The fraction of sp³-hybridized carbons (Fsp3) is 0.125. The van der Waals surface area contributed by atoms with Crippen LogP contribution in [0.1, 0.15) is 5.69 Å². The fourth-order valence-electron chi connectivity index (χ4n) is 1.10. The Morgan fingerprint density at radius 2 is 1.86 bits per heavy atom. The van der Waals surface area contributed by atoms with Gasteiger partial charge in [0, 0.05) is 0 Å². The Bertz CT molecular complexity index is 444. The normalized spacial score (nSPS) is 10.4. The molecular weight excluding hydrogens is 182 g/mol. The van der Waals surface area contributed by atoms with Gasteiger partial charge in [0.25, 0.3) is 0 Å². The van der Waals surface area contributed by atoms with E-state index in [2.05, 4.69) is 15.0 Å². The third kappa shape index (κ3) is 1.26. The molecular formula is C8H9N5O. The van der Waals surface area contributed by atoms with E-state index in [0.717, 1.165) is 5.69 Å². The number of nitrogens with zero attached hydrogens (tertiary/aromatic N) is 3. The van der Waals surface area contributed by atoms with Gasteiger partial charge >= 0.3 is 0 Å². The monoisotopic (exact) mass is 191 g/mol. The third-order valence-electron chi connectivity index (χ3n) is 1.74. The highest BCUT2D eigenvalue weighted by molar-refractivity contribution is 5.76. The van der Waals surface area contributed by atoms with Crippen LogP contribution in [0.5, 0.6) is 0 Å². The molecule has 2 rings (SSSR count). The van der Waals surface area contributed by atoms with E-state index in [-0.39, 0.29) is 11.6 Å². The van der Waals surface area contributed by atoms with Gasteiger partial charge in [0.15, 0.2) is 0 Å². The highest BCUT2D eigenvalue weighted by atomic mass is 16.3. The highest BCUT2D eigenvalue weighted by Gasteiger charge is 2.13. The first-order valence-electron chi connectivity index (χ1n) is 3.97. The van der Waals surface area contributed by atoms with Gasteiger partial charge in [-0.2, -0.15) is 0 Å². The molecule has 0 atom stereocenters. The maximum absolute atomic E-state index is 5.63. The van der Waals surface area contributed by atoms with Crippen molar-refractivity contribution in [2.24, 2.45) is 0 Å². The van der Waals surface area contributed by atoms with E-state index >= 15 is 0 Å². The smallest absolute Gasteiger partial charge is 0.233 e. The van der Waals surface area contributed by atoms with Crippen LogP contribution in [-0.2, 0) is 0 Å². The maximum Gasteiger partial charge on any atom is 0.233 e. The van der Waals surface area contributed by atoms with Crippen LogP contribution in [0.3, 0.4) is 0 Å². The van der Waals surface area contributed by atoms with Gasteiger partial charge in [-0.1, -0.05) is 0 Å². The Morgan fingerprint density at radius 3 is 2.36 bits per heavy atom. The van der Waals surface area contributed by atoms with Gasteiger partial charge in [-0.25, -0.2) is 15.0 Å². The summed E-state index contributed by atoms with van der Waals surface area (Å²) in [4.78, 5) is 11.7. The van der Waals surface area contributed by atoms with Crippen molar-refractivity contribution < 1.29 is 4.42 Å². The molecule has 0 bridgehead atoms. The molecule has 2 aromatic rings. The van der Waals surface area contributed by atoms with Gasteiger partial charge in [-0.15, -0.1) is 0 Å². The van der Waals surface area contributed by atoms with Crippen molar-refractivity contribution in [1.29, 1.82) is 0 Å². The molecule has 0 spiro atoms. The summed E-state index contributed by atoms with van der Waals surface area (Å²) >= 11 is 0. The zero-order chi connectivity index (χ0) is 10.1. The molecule has 0 fully saturated rings. The Balaban J connectivity index is 2.61. The minimum atomic E-state index is 0.263. The summed E-state index contributed by atoms with van der Waals surface area (Å²) in [5.74, 6) is 0.872. The minimum absolute atomic E-state index is 0.263. The Hall–Kier alpha value is -2.11. The third-order valence-corrected chi connectivity index (χ3v) is 1.74. The van der Waals surface area contributed by atoms with Crippen LogP contribution in [0.25, 0.3) is 11.5 Å². The molecule has 0 aliphatic carbocycles. The molecule has 0 amide bonds. The summed E-state index contributed by atoms with van der Waals surface area (Å²) in [6.45, 7) is 1.81. The van der Waals surface area contributed by atoms with Crippen molar-refractivity contribution in [3.63, 3.8) is 0 Å². The van der Waals surface area contributed by atoms with E-state index in [9.17, 15) is 0 Å². The molecule has 0 aliphatic heterocycles. The lowest BCUT2D eigenvalue weighted by molar-refractivity contribution is 0.573. The molecule has 2 heterocycles. The molecule has 2 aromatic heterocycles. The second kappa shape index (κ2) is 2.99. The maximum atomic E-state index is 5.63. The molecule has 6 nitrogen and oxygen atoms in total. The van der Waals surface area contributed by atoms with Crippen molar-refractivity contribution in [1.82, 2.24) is 15.0 Å². The average Bonchev–Trinajstić information content (AvgIpc) is 2.51. The van der Waals surface area contributed by atoms with E-state index in [4.69, 9.17) is 15.9 Å². The predicted octanol–water partition coefficient (Wildman–Crippen LogP) is 0.604. The zero-order valence-electron chi connectivity index (χ0n) is 7.56. The molecule has 0 saturated heterocycles. The van der Waals surface area contributed by atoms with Crippen LogP contribution in [0.2, 0.25) is 0 Å². The van der Waals surface area contributed by atoms with Gasteiger partial charge in [-0.05, 0) is 6.92 Å². The highest BCUT2D eigenvalue weighted by Crippen LogP contribution is 2.27.